The smallest absolute Gasteiger partial charge is 0.328 e. The first-order chi connectivity index (χ1) is 17.0. The monoisotopic (exact) mass is 509 g/mol. The van der Waals surface area contributed by atoms with Crippen molar-refractivity contribution in [3.63, 3.8) is 0 Å². The van der Waals surface area contributed by atoms with Crippen LogP contribution in [0.1, 0.15) is 45.1 Å². The first kappa shape index (κ1) is 30.8. The summed E-state index contributed by atoms with van der Waals surface area (Å²) >= 11 is 0. The predicted molar refractivity (Wildman–Crippen MR) is 133 cm³/mol. The van der Waals surface area contributed by atoms with E-state index < -0.39 is 54.5 Å². The molecule has 0 spiro atoms. The zero-order chi connectivity index (χ0) is 27.3. The van der Waals surface area contributed by atoms with Gasteiger partial charge in [-0.3, -0.25) is 14.4 Å². The van der Waals surface area contributed by atoms with Crippen LogP contribution in [0, 0.1) is 5.92 Å². The quantitative estimate of drug-likeness (QED) is 0.128. The normalized spacial score (nSPS) is 14.4. The number of carboxylic acid groups (broad SMARTS) is 1. The topological polar surface area (TPSA) is 217 Å². The van der Waals surface area contributed by atoms with Crippen molar-refractivity contribution in [1.82, 2.24) is 16.0 Å². The van der Waals surface area contributed by atoms with Crippen molar-refractivity contribution in [3.05, 3.63) is 29.8 Å². The van der Waals surface area contributed by atoms with Gasteiger partial charge in [0, 0.05) is 6.42 Å². The fourth-order valence-electron chi connectivity index (χ4n) is 3.43. The van der Waals surface area contributed by atoms with E-state index >= 15 is 0 Å². The molecular weight excluding hydrogens is 470 g/mol. The Morgan fingerprint density at radius 3 is 1.97 bits per heavy atom. The van der Waals surface area contributed by atoms with E-state index in [0.29, 0.717) is 24.9 Å². The Balaban J connectivity index is 3.06. The van der Waals surface area contributed by atoms with Crippen LogP contribution in [-0.4, -0.2) is 76.3 Å². The van der Waals surface area contributed by atoms with Crippen LogP contribution in [0.25, 0.3) is 0 Å². The van der Waals surface area contributed by atoms with Gasteiger partial charge in [0.2, 0.25) is 17.7 Å². The first-order valence-corrected chi connectivity index (χ1v) is 12.0. The van der Waals surface area contributed by atoms with Crippen LogP contribution in [0.5, 0.6) is 5.75 Å². The zero-order valence-corrected chi connectivity index (χ0v) is 20.8. The van der Waals surface area contributed by atoms with Gasteiger partial charge in [-0.15, -0.1) is 0 Å². The summed E-state index contributed by atoms with van der Waals surface area (Å²) in [5, 5.41) is 35.4. The summed E-state index contributed by atoms with van der Waals surface area (Å²) in [5.74, 6) is -3.37. The number of aromatic hydroxyl groups is 1. The summed E-state index contributed by atoms with van der Waals surface area (Å²) in [6.45, 7) is 3.38. The molecular formula is C24H39N5O7. The van der Waals surface area contributed by atoms with Gasteiger partial charge in [-0.1, -0.05) is 32.4 Å². The molecule has 0 fully saturated rings. The lowest BCUT2D eigenvalue weighted by atomic mass is 10.00. The lowest BCUT2D eigenvalue weighted by molar-refractivity contribution is -0.143. The molecule has 0 heterocycles. The molecule has 1 aromatic rings. The van der Waals surface area contributed by atoms with E-state index in [4.69, 9.17) is 16.6 Å². The van der Waals surface area contributed by atoms with Gasteiger partial charge in [0.05, 0.1) is 12.6 Å². The minimum Gasteiger partial charge on any atom is -0.508 e. The molecule has 1 aromatic carbocycles. The third kappa shape index (κ3) is 11.0. The average Bonchev–Trinajstić information content (AvgIpc) is 2.82. The number of nitrogens with two attached hydrogens (primary N) is 2. The molecule has 202 valence electrons. The van der Waals surface area contributed by atoms with Crippen molar-refractivity contribution in [2.45, 2.75) is 70.1 Å². The number of unbranched alkanes of at least 4 members (excludes halogenated alkanes) is 1. The highest BCUT2D eigenvalue weighted by molar-refractivity contribution is 5.94. The molecule has 1 rings (SSSR count). The SMILES string of the molecule is CC(C)CC(NC(=O)C(N)CCCCN)C(=O)NC(Cc1ccc(O)cc1)C(=O)NC(CO)C(=O)O. The predicted octanol–water partition coefficient (Wildman–Crippen LogP) is -1.03. The second-order valence-corrected chi connectivity index (χ2v) is 9.10. The average molecular weight is 510 g/mol. The molecule has 0 saturated heterocycles. The van der Waals surface area contributed by atoms with Gasteiger partial charge in [0.15, 0.2) is 0 Å². The Bertz CT molecular complexity index is 863. The van der Waals surface area contributed by atoms with Gasteiger partial charge >= 0.3 is 5.97 Å². The number of phenolic OH excluding ortho intramolecular Hbond substituents is 1. The van der Waals surface area contributed by atoms with Crippen LogP contribution in [0.3, 0.4) is 0 Å². The number of carbonyl (C=O) groups excluding carboxylic acids is 3. The van der Waals surface area contributed by atoms with Gasteiger partial charge in [-0.25, -0.2) is 4.79 Å². The second-order valence-electron chi connectivity index (χ2n) is 9.10. The first-order valence-electron chi connectivity index (χ1n) is 12.0. The van der Waals surface area contributed by atoms with Gasteiger partial charge in [0.1, 0.15) is 23.9 Å². The van der Waals surface area contributed by atoms with Crippen LogP contribution in [0.15, 0.2) is 24.3 Å². The molecule has 12 heteroatoms. The third-order valence-electron chi connectivity index (χ3n) is 5.45. The summed E-state index contributed by atoms with van der Waals surface area (Å²) in [5.41, 5.74) is 12.0. The van der Waals surface area contributed by atoms with Gasteiger partial charge in [-0.05, 0) is 49.4 Å². The number of phenols is 1. The molecule has 0 aliphatic carbocycles. The second kappa shape index (κ2) is 15.7. The number of hydrogen-bond donors (Lipinski definition) is 8. The molecule has 10 N–H and O–H groups in total. The van der Waals surface area contributed by atoms with Crippen molar-refractivity contribution in [2.75, 3.05) is 13.2 Å². The number of aliphatic hydroxyl groups is 1. The summed E-state index contributed by atoms with van der Waals surface area (Å²) in [4.78, 5) is 49.9. The van der Waals surface area contributed by atoms with Crippen LogP contribution in [0.4, 0.5) is 0 Å². The number of aliphatic carboxylic acids is 1. The molecule has 0 saturated carbocycles. The summed E-state index contributed by atoms with van der Waals surface area (Å²) in [7, 11) is 0. The number of amides is 3. The van der Waals surface area contributed by atoms with Crippen LogP contribution in [0.2, 0.25) is 0 Å². The maximum atomic E-state index is 13.2. The molecule has 0 bridgehead atoms. The highest BCUT2D eigenvalue weighted by atomic mass is 16.4. The van der Waals surface area contributed by atoms with E-state index in [1.807, 2.05) is 13.8 Å². The fourth-order valence-corrected chi connectivity index (χ4v) is 3.43. The molecule has 4 atom stereocenters. The van der Waals surface area contributed by atoms with Crippen LogP contribution >= 0.6 is 0 Å². The number of hydrogen-bond acceptors (Lipinski definition) is 8. The van der Waals surface area contributed by atoms with Gasteiger partial charge in [0.25, 0.3) is 0 Å². The summed E-state index contributed by atoms with van der Waals surface area (Å²) in [6, 6.07) is 1.33. The minimum absolute atomic E-state index is 0.0116. The van der Waals surface area contributed by atoms with Crippen molar-refractivity contribution in [2.24, 2.45) is 17.4 Å². The Morgan fingerprint density at radius 1 is 0.889 bits per heavy atom. The summed E-state index contributed by atoms with van der Waals surface area (Å²) in [6.07, 6.45) is 2.03. The maximum absolute atomic E-state index is 13.2. The lowest BCUT2D eigenvalue weighted by Crippen LogP contribution is -2.58. The number of nitrogens with one attached hydrogen (secondary N) is 3. The highest BCUT2D eigenvalue weighted by Crippen LogP contribution is 2.13. The molecule has 0 aliphatic heterocycles. The van der Waals surface area contributed by atoms with E-state index in [2.05, 4.69) is 16.0 Å². The van der Waals surface area contributed by atoms with Crippen molar-refractivity contribution in [3.8, 4) is 5.75 Å². The number of carbonyl (C=O) groups is 4. The Kier molecular flexibility index (Phi) is 13.4. The molecule has 0 radical (unpaired) electrons. The van der Waals surface area contributed by atoms with Gasteiger partial charge < -0.3 is 42.7 Å². The largest absolute Gasteiger partial charge is 0.508 e. The summed E-state index contributed by atoms with van der Waals surface area (Å²) < 4.78 is 0. The van der Waals surface area contributed by atoms with Crippen molar-refractivity contribution in [1.29, 1.82) is 0 Å². The van der Waals surface area contributed by atoms with E-state index in [1.54, 1.807) is 12.1 Å². The molecule has 0 aliphatic rings. The Morgan fingerprint density at radius 2 is 1.44 bits per heavy atom. The number of benzene rings is 1. The lowest BCUT2D eigenvalue weighted by Gasteiger charge is -2.26. The van der Waals surface area contributed by atoms with Crippen molar-refractivity contribution < 1.29 is 34.5 Å². The van der Waals surface area contributed by atoms with E-state index in [9.17, 15) is 29.4 Å². The molecule has 3 amide bonds. The van der Waals surface area contributed by atoms with E-state index in [-0.39, 0.29) is 24.5 Å². The number of carboxylic acids is 1. The molecule has 4 unspecified atom stereocenters. The molecule has 36 heavy (non-hydrogen) atoms. The Labute approximate surface area is 210 Å². The standard InChI is InChI=1S/C24H39N5O7/c1-14(2)11-18(27-21(32)17(26)5-3-4-10-25)22(33)28-19(12-15-6-8-16(31)9-7-15)23(34)29-20(13-30)24(35)36/h6-9,14,17-20,30-31H,3-5,10-13,25-26H2,1-2H3,(H,27,32)(H,28,33)(H,29,34)(H,35,36). The Hall–Kier alpha value is -3.22. The zero-order valence-electron chi connectivity index (χ0n) is 20.8. The maximum Gasteiger partial charge on any atom is 0.328 e. The molecule has 0 aromatic heterocycles. The minimum atomic E-state index is -1.56. The third-order valence-corrected chi connectivity index (χ3v) is 5.45. The van der Waals surface area contributed by atoms with E-state index in [1.165, 1.54) is 12.1 Å². The van der Waals surface area contributed by atoms with Gasteiger partial charge in [-0.2, -0.15) is 0 Å². The van der Waals surface area contributed by atoms with Crippen LogP contribution < -0.4 is 27.4 Å². The fraction of sp³-hybridized carbons (Fsp3) is 0.583. The van der Waals surface area contributed by atoms with E-state index in [0.717, 1.165) is 6.42 Å². The molecule has 12 nitrogen and oxygen atoms in total. The van der Waals surface area contributed by atoms with Crippen LogP contribution in [-0.2, 0) is 25.6 Å². The highest BCUT2D eigenvalue weighted by Gasteiger charge is 2.30. The number of rotatable bonds is 16. The number of aliphatic hydroxyl groups excluding tert-OH is 1. The van der Waals surface area contributed by atoms with Crippen molar-refractivity contribution >= 4 is 23.7 Å².